The fourth-order valence-electron chi connectivity index (χ4n) is 2.37. The zero-order valence-electron chi connectivity index (χ0n) is 11.8. The first-order chi connectivity index (χ1) is 9.85. The van der Waals surface area contributed by atoms with E-state index in [-0.39, 0.29) is 11.8 Å². The largest absolute Gasteiger partial charge is 0.337 e. The smallest absolute Gasteiger partial charge is 0.272 e. The Balaban J connectivity index is 1.99. The molecule has 1 aliphatic rings. The van der Waals surface area contributed by atoms with Gasteiger partial charge in [0, 0.05) is 30.9 Å². The van der Waals surface area contributed by atoms with Gasteiger partial charge in [0.05, 0.1) is 6.26 Å². The quantitative estimate of drug-likeness (QED) is 0.897. The van der Waals surface area contributed by atoms with Crippen LogP contribution in [-0.4, -0.2) is 50.1 Å². The third-order valence-corrected chi connectivity index (χ3v) is 4.31. The Morgan fingerprint density at radius 2 is 2.33 bits per heavy atom. The van der Waals surface area contributed by atoms with Gasteiger partial charge in [-0.1, -0.05) is 11.6 Å². The number of sulfonamides is 1. The number of nitrogens with zero attached hydrogens (tertiary/aromatic N) is 2. The molecule has 8 heteroatoms. The predicted octanol–water partition coefficient (Wildman–Crippen LogP) is 1.14. The number of halogens is 1. The van der Waals surface area contributed by atoms with Crippen LogP contribution in [-0.2, 0) is 10.0 Å². The van der Waals surface area contributed by atoms with Crippen molar-refractivity contribution < 1.29 is 13.2 Å². The van der Waals surface area contributed by atoms with E-state index in [0.29, 0.717) is 30.4 Å². The summed E-state index contributed by atoms with van der Waals surface area (Å²) in [7, 11) is -3.20. The average Bonchev–Trinajstić information content (AvgIpc) is 2.44. The number of rotatable bonds is 4. The van der Waals surface area contributed by atoms with Crippen LogP contribution < -0.4 is 4.72 Å². The molecular formula is C13H18ClN3O3S. The molecule has 0 aromatic carbocycles. The molecule has 1 N–H and O–H groups in total. The van der Waals surface area contributed by atoms with Gasteiger partial charge in [0.1, 0.15) is 5.69 Å². The minimum atomic E-state index is -3.20. The van der Waals surface area contributed by atoms with Crippen LogP contribution in [0.2, 0.25) is 5.02 Å². The van der Waals surface area contributed by atoms with Crippen LogP contribution in [0.5, 0.6) is 0 Å². The monoisotopic (exact) mass is 331 g/mol. The number of carbonyl (C=O) groups excluding carboxylic acids is 1. The zero-order valence-corrected chi connectivity index (χ0v) is 13.3. The molecule has 1 aromatic heterocycles. The highest BCUT2D eigenvalue weighted by Crippen LogP contribution is 2.18. The van der Waals surface area contributed by atoms with Crippen molar-refractivity contribution in [1.29, 1.82) is 0 Å². The van der Waals surface area contributed by atoms with E-state index in [1.807, 2.05) is 0 Å². The van der Waals surface area contributed by atoms with Gasteiger partial charge in [-0.25, -0.2) is 13.1 Å². The van der Waals surface area contributed by atoms with Gasteiger partial charge in [-0.2, -0.15) is 0 Å². The molecule has 0 aliphatic carbocycles. The summed E-state index contributed by atoms with van der Waals surface area (Å²) in [5, 5.41) is 0.473. The summed E-state index contributed by atoms with van der Waals surface area (Å²) in [6.07, 6.45) is 4.38. The molecule has 1 amide bonds. The van der Waals surface area contributed by atoms with Crippen molar-refractivity contribution in [2.45, 2.75) is 12.8 Å². The summed E-state index contributed by atoms with van der Waals surface area (Å²) >= 11 is 5.87. The highest BCUT2D eigenvalue weighted by atomic mass is 35.5. The average molecular weight is 332 g/mol. The second-order valence-corrected chi connectivity index (χ2v) is 7.51. The molecule has 1 aliphatic heterocycles. The van der Waals surface area contributed by atoms with Gasteiger partial charge in [-0.05, 0) is 30.9 Å². The zero-order chi connectivity index (χ0) is 15.5. The van der Waals surface area contributed by atoms with Crippen LogP contribution in [0.3, 0.4) is 0 Å². The Morgan fingerprint density at radius 1 is 1.57 bits per heavy atom. The molecule has 1 fully saturated rings. The minimum absolute atomic E-state index is 0.122. The molecule has 0 spiro atoms. The molecule has 1 aromatic rings. The summed E-state index contributed by atoms with van der Waals surface area (Å²) in [6, 6.07) is 3.16. The minimum Gasteiger partial charge on any atom is -0.337 e. The van der Waals surface area contributed by atoms with E-state index in [4.69, 9.17) is 11.6 Å². The third-order valence-electron chi connectivity index (χ3n) is 3.38. The molecule has 0 bridgehead atoms. The first kappa shape index (κ1) is 16.2. The van der Waals surface area contributed by atoms with Gasteiger partial charge in [0.2, 0.25) is 10.0 Å². The molecule has 21 heavy (non-hydrogen) atoms. The van der Waals surface area contributed by atoms with Crippen LogP contribution in [0, 0.1) is 5.92 Å². The number of hydrogen-bond acceptors (Lipinski definition) is 4. The van der Waals surface area contributed by atoms with E-state index in [2.05, 4.69) is 9.71 Å². The van der Waals surface area contributed by atoms with Crippen LogP contribution in [0.1, 0.15) is 23.3 Å². The summed E-state index contributed by atoms with van der Waals surface area (Å²) in [5.74, 6) is -0.0434. The standard InChI is InChI=1S/C13H18ClN3O3S/c1-21(19,20)16-8-10-3-2-6-17(9-10)13(18)12-7-11(14)4-5-15-12/h4-5,7,10,16H,2-3,6,8-9H2,1H3/t10-/m0/s1. The van der Waals surface area contributed by atoms with Crippen molar-refractivity contribution >= 4 is 27.5 Å². The molecule has 116 valence electrons. The lowest BCUT2D eigenvalue weighted by molar-refractivity contribution is 0.0670. The maximum Gasteiger partial charge on any atom is 0.272 e. The van der Waals surface area contributed by atoms with Crippen LogP contribution in [0.4, 0.5) is 0 Å². The maximum absolute atomic E-state index is 12.4. The topological polar surface area (TPSA) is 79.4 Å². The molecule has 2 rings (SSSR count). The lowest BCUT2D eigenvalue weighted by atomic mass is 9.98. The van der Waals surface area contributed by atoms with Crippen molar-refractivity contribution in [3.8, 4) is 0 Å². The SMILES string of the molecule is CS(=O)(=O)NC[C@@H]1CCCN(C(=O)c2cc(Cl)ccn2)C1. The van der Waals surface area contributed by atoms with Crippen LogP contribution in [0.15, 0.2) is 18.3 Å². The van der Waals surface area contributed by atoms with Crippen LogP contribution in [0.25, 0.3) is 0 Å². The van der Waals surface area contributed by atoms with Crippen molar-refractivity contribution in [1.82, 2.24) is 14.6 Å². The molecule has 1 atom stereocenters. The van der Waals surface area contributed by atoms with Gasteiger partial charge in [0.15, 0.2) is 0 Å². The van der Waals surface area contributed by atoms with E-state index in [1.165, 1.54) is 6.20 Å². The fraction of sp³-hybridized carbons (Fsp3) is 0.538. The molecule has 0 radical (unpaired) electrons. The number of nitrogens with one attached hydrogen (secondary N) is 1. The molecule has 1 saturated heterocycles. The highest BCUT2D eigenvalue weighted by Gasteiger charge is 2.25. The maximum atomic E-state index is 12.4. The molecule has 2 heterocycles. The molecule has 6 nitrogen and oxygen atoms in total. The lowest BCUT2D eigenvalue weighted by Crippen LogP contribution is -2.43. The summed E-state index contributed by atoms with van der Waals surface area (Å²) < 4.78 is 24.8. The van der Waals surface area contributed by atoms with E-state index < -0.39 is 10.0 Å². The molecular weight excluding hydrogens is 314 g/mol. The molecule has 0 saturated carbocycles. The summed E-state index contributed by atoms with van der Waals surface area (Å²) in [6.45, 7) is 1.53. The third kappa shape index (κ3) is 4.94. The second kappa shape index (κ2) is 6.72. The van der Waals surface area contributed by atoms with Gasteiger partial charge in [-0.3, -0.25) is 9.78 Å². The number of piperidine rings is 1. The lowest BCUT2D eigenvalue weighted by Gasteiger charge is -2.32. The predicted molar refractivity (Wildman–Crippen MR) is 80.7 cm³/mol. The fourth-order valence-corrected chi connectivity index (χ4v) is 3.07. The summed E-state index contributed by atoms with van der Waals surface area (Å²) in [5.41, 5.74) is 0.319. The van der Waals surface area contributed by atoms with E-state index in [1.54, 1.807) is 17.0 Å². The van der Waals surface area contributed by atoms with Gasteiger partial charge < -0.3 is 4.90 Å². The highest BCUT2D eigenvalue weighted by molar-refractivity contribution is 7.88. The summed E-state index contributed by atoms with van der Waals surface area (Å²) in [4.78, 5) is 18.1. The van der Waals surface area contributed by atoms with Gasteiger partial charge in [0.25, 0.3) is 5.91 Å². The van der Waals surface area contributed by atoms with Crippen molar-refractivity contribution in [3.05, 3.63) is 29.0 Å². The number of carbonyl (C=O) groups is 1. The van der Waals surface area contributed by atoms with E-state index in [9.17, 15) is 13.2 Å². The van der Waals surface area contributed by atoms with Crippen molar-refractivity contribution in [3.63, 3.8) is 0 Å². The van der Waals surface area contributed by atoms with Crippen LogP contribution >= 0.6 is 11.6 Å². The number of amides is 1. The number of likely N-dealkylation sites (tertiary alicyclic amines) is 1. The number of hydrogen-bond donors (Lipinski definition) is 1. The van der Waals surface area contributed by atoms with Crippen molar-refractivity contribution in [2.75, 3.05) is 25.9 Å². The Labute approximate surface area is 129 Å². The number of aromatic nitrogens is 1. The second-order valence-electron chi connectivity index (χ2n) is 5.24. The number of pyridine rings is 1. The Bertz CT molecular complexity index is 621. The normalized spacial score (nSPS) is 19.5. The Hall–Kier alpha value is -1.18. The van der Waals surface area contributed by atoms with Gasteiger partial charge in [-0.15, -0.1) is 0 Å². The first-order valence-corrected chi connectivity index (χ1v) is 8.97. The van der Waals surface area contributed by atoms with E-state index >= 15 is 0 Å². The van der Waals surface area contributed by atoms with Gasteiger partial charge >= 0.3 is 0 Å². The Morgan fingerprint density at radius 3 is 3.00 bits per heavy atom. The van der Waals surface area contributed by atoms with E-state index in [0.717, 1.165) is 19.1 Å². The first-order valence-electron chi connectivity index (χ1n) is 6.70. The van der Waals surface area contributed by atoms with Crippen molar-refractivity contribution in [2.24, 2.45) is 5.92 Å². The molecule has 0 unspecified atom stereocenters. The Kier molecular flexibility index (Phi) is 5.18.